The lowest BCUT2D eigenvalue weighted by molar-refractivity contribution is -0.142. The highest BCUT2D eigenvalue weighted by atomic mass is 16.4. The normalized spacial score (nSPS) is 14.1. The molecule has 0 saturated carbocycles. The average Bonchev–Trinajstić information content (AvgIpc) is 2.79. The molecule has 14 N–H and O–H groups in total. The van der Waals surface area contributed by atoms with Gasteiger partial charge in [0, 0.05) is 13.1 Å². The molecule has 0 radical (unpaired) electrons. The minimum absolute atomic E-state index is 0.0598. The average molecular weight is 529 g/mol. The number of carboxylic acids is 1. The van der Waals surface area contributed by atoms with Gasteiger partial charge >= 0.3 is 5.97 Å². The number of nitrogens with one attached hydrogen (secondary N) is 3. The number of carboxylic acid groups (broad SMARTS) is 1. The van der Waals surface area contributed by atoms with Crippen molar-refractivity contribution in [3.8, 4) is 0 Å². The molecule has 15 nitrogen and oxygen atoms in total. The van der Waals surface area contributed by atoms with E-state index < -0.39 is 47.9 Å². The summed E-state index contributed by atoms with van der Waals surface area (Å²) < 4.78 is 0. The van der Waals surface area contributed by atoms with Crippen LogP contribution in [0.15, 0.2) is 9.98 Å². The Labute approximate surface area is 217 Å². The van der Waals surface area contributed by atoms with Gasteiger partial charge in [-0.25, -0.2) is 4.79 Å². The summed E-state index contributed by atoms with van der Waals surface area (Å²) in [5.41, 5.74) is 27.1. The predicted molar refractivity (Wildman–Crippen MR) is 141 cm³/mol. The third-order valence-corrected chi connectivity index (χ3v) is 5.41. The number of rotatable bonds is 17. The predicted octanol–water partition coefficient (Wildman–Crippen LogP) is -2.73. The van der Waals surface area contributed by atoms with Gasteiger partial charge in [0.05, 0.1) is 6.04 Å². The van der Waals surface area contributed by atoms with Crippen LogP contribution in [0.4, 0.5) is 0 Å². The Morgan fingerprint density at radius 3 is 1.57 bits per heavy atom. The lowest BCUT2D eigenvalue weighted by atomic mass is 9.99. The van der Waals surface area contributed by atoms with E-state index >= 15 is 0 Å². The van der Waals surface area contributed by atoms with Gasteiger partial charge in [-0.3, -0.25) is 24.4 Å². The number of nitrogens with two attached hydrogens (primary N) is 5. The Morgan fingerprint density at radius 2 is 1.16 bits per heavy atom. The molecule has 0 saturated heterocycles. The molecule has 4 atom stereocenters. The van der Waals surface area contributed by atoms with Crippen LogP contribution in [0.25, 0.3) is 0 Å². The highest BCUT2D eigenvalue weighted by Gasteiger charge is 2.31. The molecule has 0 fully saturated rings. The van der Waals surface area contributed by atoms with E-state index in [2.05, 4.69) is 25.9 Å². The molecule has 0 aromatic carbocycles. The van der Waals surface area contributed by atoms with Crippen molar-refractivity contribution in [3.05, 3.63) is 0 Å². The largest absolute Gasteiger partial charge is 0.480 e. The second-order valence-electron chi connectivity index (χ2n) is 9.36. The molecule has 3 amide bonds. The van der Waals surface area contributed by atoms with Crippen molar-refractivity contribution < 1.29 is 24.3 Å². The molecule has 0 unspecified atom stereocenters. The maximum Gasteiger partial charge on any atom is 0.326 e. The Bertz CT molecular complexity index is 823. The summed E-state index contributed by atoms with van der Waals surface area (Å²) >= 11 is 0. The van der Waals surface area contributed by atoms with Crippen LogP contribution < -0.4 is 44.6 Å². The maximum absolute atomic E-state index is 13.1. The summed E-state index contributed by atoms with van der Waals surface area (Å²) in [4.78, 5) is 57.9. The van der Waals surface area contributed by atoms with Crippen LogP contribution in [-0.4, -0.2) is 78.0 Å². The van der Waals surface area contributed by atoms with E-state index in [1.54, 1.807) is 27.7 Å². The van der Waals surface area contributed by atoms with Gasteiger partial charge in [-0.15, -0.1) is 0 Å². The molecular weight excluding hydrogens is 484 g/mol. The van der Waals surface area contributed by atoms with Crippen LogP contribution in [0.1, 0.15) is 53.4 Å². The second kappa shape index (κ2) is 16.9. The Balaban J connectivity index is 5.57. The first kappa shape index (κ1) is 33.4. The molecule has 0 heterocycles. The molecule has 0 rings (SSSR count). The van der Waals surface area contributed by atoms with Crippen molar-refractivity contribution in [1.82, 2.24) is 16.0 Å². The van der Waals surface area contributed by atoms with Gasteiger partial charge in [0.15, 0.2) is 11.9 Å². The smallest absolute Gasteiger partial charge is 0.326 e. The summed E-state index contributed by atoms with van der Waals surface area (Å²) in [7, 11) is 0. The SMILES string of the molecule is CC(C)[C@H](N)C(=O)N[C@H](C(=O)N[C@@H](CCCN=C(N)N)C(=O)N[C@@H](CCCN=C(N)N)C(=O)O)C(C)C. The summed E-state index contributed by atoms with van der Waals surface area (Å²) in [6, 6.07) is -4.13. The van der Waals surface area contributed by atoms with Gasteiger partial charge in [-0.05, 0) is 37.5 Å². The van der Waals surface area contributed by atoms with Crippen molar-refractivity contribution in [1.29, 1.82) is 0 Å². The highest BCUT2D eigenvalue weighted by molar-refractivity contribution is 5.94. The van der Waals surface area contributed by atoms with Gasteiger partial charge in [0.2, 0.25) is 17.7 Å². The van der Waals surface area contributed by atoms with E-state index in [1.165, 1.54) is 0 Å². The van der Waals surface area contributed by atoms with E-state index in [0.29, 0.717) is 12.8 Å². The summed E-state index contributed by atoms with van der Waals surface area (Å²) in [6.45, 7) is 7.40. The van der Waals surface area contributed by atoms with E-state index in [9.17, 15) is 24.3 Å². The van der Waals surface area contributed by atoms with Crippen molar-refractivity contribution in [2.24, 2.45) is 50.5 Å². The Hall–Kier alpha value is -3.62. The first-order valence-corrected chi connectivity index (χ1v) is 12.2. The molecule has 0 aliphatic heterocycles. The van der Waals surface area contributed by atoms with Gasteiger partial charge in [-0.1, -0.05) is 27.7 Å². The second-order valence-corrected chi connectivity index (χ2v) is 9.36. The summed E-state index contributed by atoms with van der Waals surface area (Å²) in [5.74, 6) is -3.79. The van der Waals surface area contributed by atoms with Crippen LogP contribution >= 0.6 is 0 Å². The van der Waals surface area contributed by atoms with Crippen molar-refractivity contribution in [2.45, 2.75) is 77.5 Å². The Morgan fingerprint density at radius 1 is 0.703 bits per heavy atom. The maximum atomic E-state index is 13.1. The third kappa shape index (κ3) is 13.9. The molecule has 37 heavy (non-hydrogen) atoms. The first-order valence-electron chi connectivity index (χ1n) is 12.2. The number of nitrogens with zero attached hydrogens (tertiary/aromatic N) is 2. The fraction of sp³-hybridized carbons (Fsp3) is 0.727. The monoisotopic (exact) mass is 528 g/mol. The van der Waals surface area contributed by atoms with Gasteiger partial charge in [-0.2, -0.15) is 0 Å². The van der Waals surface area contributed by atoms with Crippen molar-refractivity contribution >= 4 is 35.6 Å². The molecule has 0 aromatic heterocycles. The number of carbonyl (C=O) groups is 4. The number of amides is 3. The van der Waals surface area contributed by atoms with Crippen LogP contribution in [0.3, 0.4) is 0 Å². The molecule has 0 spiro atoms. The van der Waals surface area contributed by atoms with E-state index in [4.69, 9.17) is 28.7 Å². The van der Waals surface area contributed by atoms with Gasteiger partial charge in [0.25, 0.3) is 0 Å². The molecule has 15 heteroatoms. The topological polar surface area (TPSA) is 279 Å². The number of guanidine groups is 2. The minimum Gasteiger partial charge on any atom is -0.480 e. The number of hydrogen-bond donors (Lipinski definition) is 9. The summed E-state index contributed by atoms with van der Waals surface area (Å²) in [5, 5.41) is 17.2. The minimum atomic E-state index is -1.25. The number of aliphatic carboxylic acids is 1. The van der Waals surface area contributed by atoms with Gasteiger partial charge < -0.3 is 49.7 Å². The third-order valence-electron chi connectivity index (χ3n) is 5.41. The zero-order valence-corrected chi connectivity index (χ0v) is 22.1. The van der Waals surface area contributed by atoms with Crippen LogP contribution in [-0.2, 0) is 19.2 Å². The fourth-order valence-corrected chi connectivity index (χ4v) is 3.15. The van der Waals surface area contributed by atoms with E-state index in [1.807, 2.05) is 0 Å². The van der Waals surface area contributed by atoms with Crippen LogP contribution in [0.2, 0.25) is 0 Å². The molecule has 212 valence electrons. The summed E-state index contributed by atoms with van der Waals surface area (Å²) in [6.07, 6.45) is 0.785. The van der Waals surface area contributed by atoms with Crippen LogP contribution in [0.5, 0.6) is 0 Å². The van der Waals surface area contributed by atoms with Crippen LogP contribution in [0, 0.1) is 11.8 Å². The van der Waals surface area contributed by atoms with Crippen molar-refractivity contribution in [3.63, 3.8) is 0 Å². The first-order chi connectivity index (χ1) is 17.2. The molecule has 0 bridgehead atoms. The number of aliphatic imine (C=N–C) groups is 2. The molecular formula is C22H44N10O5. The molecule has 0 aromatic rings. The number of carbonyl (C=O) groups excluding carboxylic acids is 3. The van der Waals surface area contributed by atoms with E-state index in [-0.39, 0.29) is 49.7 Å². The zero-order chi connectivity index (χ0) is 28.7. The molecule has 0 aliphatic carbocycles. The molecule has 0 aliphatic rings. The number of hydrogen-bond acceptors (Lipinski definition) is 7. The van der Waals surface area contributed by atoms with Crippen molar-refractivity contribution in [2.75, 3.05) is 13.1 Å². The quantitative estimate of drug-likeness (QED) is 0.0533. The highest BCUT2D eigenvalue weighted by Crippen LogP contribution is 2.08. The standard InChI is InChI=1S/C22H44N10O5/c1-11(2)15(23)18(34)32-16(12(3)4)19(35)30-13(7-5-9-28-21(24)25)17(33)31-14(20(36)37)8-6-10-29-22(26)27/h11-16H,5-10,23H2,1-4H3,(H,30,35)(H,31,33)(H,32,34)(H,36,37)(H4,24,25,28)(H4,26,27,29)/t13-,14-,15-,16-/m0/s1. The lowest BCUT2D eigenvalue weighted by Gasteiger charge is -2.27. The zero-order valence-electron chi connectivity index (χ0n) is 22.1. The fourth-order valence-electron chi connectivity index (χ4n) is 3.15. The van der Waals surface area contributed by atoms with Gasteiger partial charge in [0.1, 0.15) is 18.1 Å². The Kier molecular flexibility index (Phi) is 15.3. The van der Waals surface area contributed by atoms with E-state index in [0.717, 1.165) is 0 Å². The lowest BCUT2D eigenvalue weighted by Crippen LogP contribution is -2.58.